The van der Waals surface area contributed by atoms with Gasteiger partial charge in [-0.15, -0.1) is 0 Å². The maximum absolute atomic E-state index is 9.69. The second-order valence-corrected chi connectivity index (χ2v) is 6.76. The number of ether oxygens (including phenoxy) is 2. The zero-order chi connectivity index (χ0) is 18.0. The molecule has 2 aliphatic rings. The quantitative estimate of drug-likeness (QED) is 0.596. The largest absolute Gasteiger partial charge is 0.394 e. The second-order valence-electron chi connectivity index (χ2n) is 6.76. The topological polar surface area (TPSA) is 107 Å². The van der Waals surface area contributed by atoms with Crippen LogP contribution in [0.2, 0.25) is 0 Å². The summed E-state index contributed by atoms with van der Waals surface area (Å²) in [6.45, 7) is 5.74. The number of hydrogen-bond acceptors (Lipinski definition) is 6. The Balaban J connectivity index is 1.78. The van der Waals surface area contributed by atoms with Gasteiger partial charge in [-0.3, -0.25) is 9.56 Å². The number of aromatic nitrogens is 2. The fourth-order valence-corrected chi connectivity index (χ4v) is 3.72. The van der Waals surface area contributed by atoms with Crippen LogP contribution in [-0.2, 0) is 9.47 Å². The van der Waals surface area contributed by atoms with Crippen molar-refractivity contribution < 1.29 is 14.6 Å². The van der Waals surface area contributed by atoms with Gasteiger partial charge in [0.1, 0.15) is 23.9 Å². The van der Waals surface area contributed by atoms with Gasteiger partial charge < -0.3 is 20.3 Å². The van der Waals surface area contributed by atoms with Crippen molar-refractivity contribution in [2.75, 3.05) is 13.7 Å². The van der Waals surface area contributed by atoms with E-state index in [4.69, 9.17) is 15.2 Å². The van der Waals surface area contributed by atoms with Gasteiger partial charge in [-0.2, -0.15) is 0 Å². The van der Waals surface area contributed by atoms with E-state index in [2.05, 4.69) is 28.6 Å². The number of imidazole rings is 1. The molecule has 1 aromatic rings. The summed E-state index contributed by atoms with van der Waals surface area (Å²) in [4.78, 5) is 12.3. The highest BCUT2D eigenvalue weighted by atomic mass is 16.6. The van der Waals surface area contributed by atoms with Crippen molar-refractivity contribution in [3.05, 3.63) is 12.0 Å². The fraction of sp³-hybridized carbons (Fsp3) is 0.706. The summed E-state index contributed by atoms with van der Waals surface area (Å²) in [6.07, 6.45) is 5.09. The summed E-state index contributed by atoms with van der Waals surface area (Å²) in [5.74, 6) is 1.36. The van der Waals surface area contributed by atoms with E-state index < -0.39 is 0 Å². The highest BCUT2D eigenvalue weighted by Crippen LogP contribution is 2.37. The number of hydrogen-bond donors (Lipinski definition) is 2. The zero-order valence-corrected chi connectivity index (χ0v) is 14.8. The minimum atomic E-state index is -0.362. The van der Waals surface area contributed by atoms with E-state index in [1.165, 1.54) is 12.8 Å². The lowest BCUT2D eigenvalue weighted by Crippen LogP contribution is -2.32. The van der Waals surface area contributed by atoms with E-state index >= 15 is 0 Å². The molecule has 3 rings (SSSR count). The van der Waals surface area contributed by atoms with Crippen LogP contribution < -0.4 is 5.73 Å². The molecule has 1 saturated carbocycles. The summed E-state index contributed by atoms with van der Waals surface area (Å²) in [5.41, 5.74) is 6.35. The minimum absolute atomic E-state index is 0.0841. The van der Waals surface area contributed by atoms with Crippen LogP contribution in [0, 0.1) is 5.92 Å². The minimum Gasteiger partial charge on any atom is -0.394 e. The van der Waals surface area contributed by atoms with Crippen LogP contribution in [0.25, 0.3) is 0 Å². The van der Waals surface area contributed by atoms with E-state index in [0.29, 0.717) is 29.7 Å². The molecule has 5 atom stereocenters. The summed E-state index contributed by atoms with van der Waals surface area (Å²) in [6, 6.07) is 0. The highest BCUT2D eigenvalue weighted by molar-refractivity contribution is 5.99. The first-order valence-corrected chi connectivity index (χ1v) is 8.77. The van der Waals surface area contributed by atoms with Gasteiger partial charge in [-0.05, 0) is 25.5 Å². The van der Waals surface area contributed by atoms with Gasteiger partial charge in [-0.25, -0.2) is 9.98 Å². The Morgan fingerprint density at radius 3 is 2.92 bits per heavy atom. The van der Waals surface area contributed by atoms with E-state index in [1.54, 1.807) is 17.9 Å². The molecule has 1 aliphatic carbocycles. The molecule has 8 heteroatoms. The van der Waals surface area contributed by atoms with Crippen molar-refractivity contribution in [1.29, 1.82) is 0 Å². The molecule has 2 fully saturated rings. The van der Waals surface area contributed by atoms with Gasteiger partial charge in [-0.1, -0.05) is 13.3 Å². The third-order valence-electron chi connectivity index (χ3n) is 5.20. The molecule has 0 spiro atoms. The molecule has 2 unspecified atom stereocenters. The first-order valence-electron chi connectivity index (χ1n) is 8.77. The molecule has 2 heterocycles. The summed E-state index contributed by atoms with van der Waals surface area (Å²) in [7, 11) is 1.60. The summed E-state index contributed by atoms with van der Waals surface area (Å²) < 4.78 is 14.1. The Kier molecular flexibility index (Phi) is 5.51. The number of aliphatic hydroxyl groups is 1. The molecule has 1 saturated heterocycles. The molecule has 8 nitrogen and oxygen atoms in total. The van der Waals surface area contributed by atoms with Crippen molar-refractivity contribution >= 4 is 18.4 Å². The Morgan fingerprint density at radius 1 is 1.52 bits per heavy atom. The summed E-state index contributed by atoms with van der Waals surface area (Å²) in [5, 5.41) is 9.69. The predicted molar refractivity (Wildman–Crippen MR) is 95.4 cm³/mol. The molecule has 0 aromatic carbocycles. The zero-order valence-electron chi connectivity index (χ0n) is 14.8. The van der Waals surface area contributed by atoms with Crippen LogP contribution in [0.15, 0.2) is 16.3 Å². The maximum atomic E-state index is 9.69. The van der Waals surface area contributed by atoms with Gasteiger partial charge in [0.05, 0.1) is 25.1 Å². The number of nitrogens with zero attached hydrogens (tertiary/aromatic N) is 4. The van der Waals surface area contributed by atoms with Gasteiger partial charge in [0.2, 0.25) is 0 Å². The first kappa shape index (κ1) is 18.0. The second kappa shape index (κ2) is 7.63. The Labute approximate surface area is 147 Å². The van der Waals surface area contributed by atoms with E-state index in [9.17, 15) is 5.11 Å². The maximum Gasteiger partial charge on any atom is 0.165 e. The van der Waals surface area contributed by atoms with Crippen LogP contribution in [0.4, 0.5) is 5.82 Å². The number of amidine groups is 1. The normalized spacial score (nSPS) is 33.1. The van der Waals surface area contributed by atoms with Crippen LogP contribution in [-0.4, -0.2) is 59.2 Å². The Hall–Kier alpha value is -1.77. The fourth-order valence-electron chi connectivity index (χ4n) is 3.72. The van der Waals surface area contributed by atoms with Crippen LogP contribution >= 0.6 is 0 Å². The highest BCUT2D eigenvalue weighted by Gasteiger charge is 2.40. The SMILES string of the molecule is C=Nc1c(/C(N)=N\C)ncn1[C@H]1CC(OC2CCC[C@H]2C)[C@@H](CO)O1. The average Bonchev–Trinajstić information content (AvgIpc) is 3.32. The lowest BCUT2D eigenvalue weighted by molar-refractivity contribution is -0.0874. The number of rotatable bonds is 6. The van der Waals surface area contributed by atoms with Gasteiger partial charge in [0.15, 0.2) is 5.82 Å². The third kappa shape index (κ3) is 3.47. The van der Waals surface area contributed by atoms with E-state index in [1.807, 2.05) is 0 Å². The molecule has 0 radical (unpaired) electrons. The van der Waals surface area contributed by atoms with Crippen molar-refractivity contribution in [1.82, 2.24) is 9.55 Å². The van der Waals surface area contributed by atoms with Gasteiger partial charge >= 0.3 is 0 Å². The Bertz CT molecular complexity index is 644. The van der Waals surface area contributed by atoms with Crippen LogP contribution in [0.3, 0.4) is 0 Å². The molecule has 25 heavy (non-hydrogen) atoms. The molecular weight excluding hydrogens is 322 g/mol. The lowest BCUT2D eigenvalue weighted by Gasteiger charge is -2.23. The van der Waals surface area contributed by atoms with Crippen molar-refractivity contribution in [3.8, 4) is 0 Å². The monoisotopic (exact) mass is 349 g/mol. The van der Waals surface area contributed by atoms with E-state index in [0.717, 1.165) is 6.42 Å². The number of aliphatic hydroxyl groups excluding tert-OH is 1. The molecule has 1 aromatic heterocycles. The molecule has 3 N–H and O–H groups in total. The van der Waals surface area contributed by atoms with Crippen molar-refractivity contribution in [2.24, 2.45) is 21.6 Å². The molecular formula is C17H27N5O3. The Morgan fingerprint density at radius 2 is 2.32 bits per heavy atom. The van der Waals surface area contributed by atoms with Gasteiger partial charge in [0, 0.05) is 13.5 Å². The molecule has 138 valence electrons. The molecule has 1 aliphatic heterocycles. The standard InChI is InChI=1S/C17H27N5O3/c1-10-5-4-6-11(10)24-12-7-14(25-13(12)8-23)22-9-21-15(16(18)19-2)17(22)20-3/h9-14,23H,3-8H2,1-2H3,(H2,18,19)/t10-,11?,12?,13-,14-/m1/s1. The van der Waals surface area contributed by atoms with Crippen LogP contribution in [0.5, 0.6) is 0 Å². The van der Waals surface area contributed by atoms with Crippen molar-refractivity contribution in [3.63, 3.8) is 0 Å². The average molecular weight is 349 g/mol. The first-order chi connectivity index (χ1) is 12.1. The number of aliphatic imine (C=N–C) groups is 2. The molecule has 0 bridgehead atoms. The molecule has 0 amide bonds. The van der Waals surface area contributed by atoms with Crippen LogP contribution in [0.1, 0.15) is 44.5 Å². The predicted octanol–water partition coefficient (Wildman–Crippen LogP) is 1.40. The van der Waals surface area contributed by atoms with Crippen molar-refractivity contribution in [2.45, 2.75) is 57.1 Å². The lowest BCUT2D eigenvalue weighted by atomic mass is 10.1. The summed E-state index contributed by atoms with van der Waals surface area (Å²) >= 11 is 0. The number of nitrogens with two attached hydrogens (primary N) is 1. The van der Waals surface area contributed by atoms with E-state index in [-0.39, 0.29) is 31.1 Å². The smallest absolute Gasteiger partial charge is 0.165 e. The van der Waals surface area contributed by atoms with Gasteiger partial charge in [0.25, 0.3) is 0 Å². The third-order valence-corrected chi connectivity index (χ3v) is 5.20.